The molecule has 1 aromatic carbocycles. The molecule has 126 valence electrons. The molecule has 0 fully saturated rings. The Balaban J connectivity index is 1.65. The van der Waals surface area contributed by atoms with E-state index in [1.807, 2.05) is 13.8 Å². The molecule has 0 saturated heterocycles. The predicted molar refractivity (Wildman–Crippen MR) is 88.7 cm³/mol. The molecule has 24 heavy (non-hydrogen) atoms. The molecule has 0 radical (unpaired) electrons. The van der Waals surface area contributed by atoms with Crippen LogP contribution in [0.1, 0.15) is 60.2 Å². The number of benzene rings is 1. The average Bonchev–Trinajstić information content (AvgIpc) is 2.74. The van der Waals surface area contributed by atoms with E-state index in [2.05, 4.69) is 0 Å². The molecule has 2 aliphatic rings. The maximum absolute atomic E-state index is 12.3. The van der Waals surface area contributed by atoms with Gasteiger partial charge in [-0.15, -0.1) is 0 Å². The van der Waals surface area contributed by atoms with Crippen molar-refractivity contribution in [2.45, 2.75) is 39.5 Å². The highest BCUT2D eigenvalue weighted by atomic mass is 16.3. The Morgan fingerprint density at radius 3 is 2.17 bits per heavy atom. The second-order valence-corrected chi connectivity index (χ2v) is 7.28. The third kappa shape index (κ3) is 2.86. The quantitative estimate of drug-likeness (QED) is 0.861. The van der Waals surface area contributed by atoms with Gasteiger partial charge in [0.15, 0.2) is 5.78 Å². The number of carbonyl (C=O) groups excluding carboxylic acids is 3. The van der Waals surface area contributed by atoms with Crippen LogP contribution < -0.4 is 0 Å². The molecule has 1 aliphatic carbocycles. The SMILES string of the molecule is CC1(C)CC(=O)C(CCCN2C(=O)c3ccccc3C2=O)=C(O)C1. The van der Waals surface area contributed by atoms with Crippen LogP contribution in [0.4, 0.5) is 0 Å². The molecule has 0 spiro atoms. The summed E-state index contributed by atoms with van der Waals surface area (Å²) >= 11 is 0. The maximum atomic E-state index is 12.3. The van der Waals surface area contributed by atoms with Crippen molar-refractivity contribution in [2.24, 2.45) is 5.41 Å². The summed E-state index contributed by atoms with van der Waals surface area (Å²) in [6, 6.07) is 6.77. The van der Waals surface area contributed by atoms with Crippen LogP contribution in [0.15, 0.2) is 35.6 Å². The second kappa shape index (κ2) is 5.89. The minimum atomic E-state index is -0.287. The lowest BCUT2D eigenvalue weighted by Gasteiger charge is -2.29. The van der Waals surface area contributed by atoms with Crippen LogP contribution in [0.3, 0.4) is 0 Å². The summed E-state index contributed by atoms with van der Waals surface area (Å²) in [5.41, 5.74) is 1.10. The Hall–Kier alpha value is -2.43. The van der Waals surface area contributed by atoms with E-state index < -0.39 is 0 Å². The molecule has 5 heteroatoms. The summed E-state index contributed by atoms with van der Waals surface area (Å²) in [7, 11) is 0. The van der Waals surface area contributed by atoms with Gasteiger partial charge in [0.1, 0.15) is 0 Å². The van der Waals surface area contributed by atoms with E-state index in [4.69, 9.17) is 0 Å². The normalized spacial score (nSPS) is 19.9. The lowest BCUT2D eigenvalue weighted by molar-refractivity contribution is -0.118. The van der Waals surface area contributed by atoms with Crippen LogP contribution in [0.25, 0.3) is 0 Å². The minimum Gasteiger partial charge on any atom is -0.512 e. The van der Waals surface area contributed by atoms with Crippen LogP contribution in [0.2, 0.25) is 0 Å². The summed E-state index contributed by atoms with van der Waals surface area (Å²) in [6.45, 7) is 4.16. The molecule has 0 saturated carbocycles. The van der Waals surface area contributed by atoms with Crippen molar-refractivity contribution in [3.63, 3.8) is 0 Å². The van der Waals surface area contributed by atoms with Gasteiger partial charge in [0, 0.05) is 25.0 Å². The highest BCUT2D eigenvalue weighted by molar-refractivity contribution is 6.21. The van der Waals surface area contributed by atoms with E-state index in [0.717, 1.165) is 0 Å². The zero-order valence-corrected chi connectivity index (χ0v) is 14.0. The zero-order valence-electron chi connectivity index (χ0n) is 14.0. The monoisotopic (exact) mass is 327 g/mol. The van der Waals surface area contributed by atoms with Crippen molar-refractivity contribution >= 4 is 17.6 Å². The van der Waals surface area contributed by atoms with Crippen molar-refractivity contribution < 1.29 is 19.5 Å². The van der Waals surface area contributed by atoms with Crippen molar-refractivity contribution in [1.82, 2.24) is 4.90 Å². The number of aliphatic hydroxyl groups is 1. The van der Waals surface area contributed by atoms with Crippen molar-refractivity contribution in [3.05, 3.63) is 46.7 Å². The number of allylic oxidation sites excluding steroid dienone is 2. The van der Waals surface area contributed by atoms with E-state index >= 15 is 0 Å². The van der Waals surface area contributed by atoms with Crippen LogP contribution in [-0.4, -0.2) is 34.1 Å². The van der Waals surface area contributed by atoms with Gasteiger partial charge < -0.3 is 5.11 Å². The number of fused-ring (bicyclic) bond motifs is 1. The molecular formula is C19H21NO4. The fraction of sp³-hybridized carbons (Fsp3) is 0.421. The molecule has 1 aromatic rings. The highest BCUT2D eigenvalue weighted by Gasteiger charge is 2.36. The third-order valence-electron chi connectivity index (χ3n) is 4.66. The predicted octanol–water partition coefficient (Wildman–Crippen LogP) is 3.26. The molecule has 0 bridgehead atoms. The second-order valence-electron chi connectivity index (χ2n) is 7.28. The first-order valence-corrected chi connectivity index (χ1v) is 8.19. The standard InChI is InChI=1S/C19H21NO4/c1-19(2)10-15(21)14(16(22)11-19)8-5-9-20-17(23)12-6-3-4-7-13(12)18(20)24/h3-4,6-7,21H,5,8-11H2,1-2H3. The van der Waals surface area contributed by atoms with Gasteiger partial charge in [0.25, 0.3) is 11.8 Å². The number of aliphatic hydroxyl groups excluding tert-OH is 1. The van der Waals surface area contributed by atoms with Gasteiger partial charge in [-0.1, -0.05) is 26.0 Å². The molecule has 0 atom stereocenters. The van der Waals surface area contributed by atoms with Crippen LogP contribution >= 0.6 is 0 Å². The third-order valence-corrected chi connectivity index (χ3v) is 4.66. The number of nitrogens with zero attached hydrogens (tertiary/aromatic N) is 1. The molecule has 1 aliphatic heterocycles. The lowest BCUT2D eigenvalue weighted by atomic mass is 9.76. The van der Waals surface area contributed by atoms with Crippen molar-refractivity contribution in [1.29, 1.82) is 0 Å². The zero-order chi connectivity index (χ0) is 17.5. The number of imide groups is 1. The number of Topliss-reactive ketones (excluding diaryl/α,β-unsaturated/α-hetero) is 1. The van der Waals surface area contributed by atoms with Gasteiger partial charge in [0.2, 0.25) is 0 Å². The van der Waals surface area contributed by atoms with Gasteiger partial charge in [-0.2, -0.15) is 0 Å². The number of rotatable bonds is 4. The molecule has 2 amide bonds. The molecule has 1 heterocycles. The summed E-state index contributed by atoms with van der Waals surface area (Å²) < 4.78 is 0. The van der Waals surface area contributed by atoms with Crippen molar-refractivity contribution in [2.75, 3.05) is 6.54 Å². The Bertz CT molecular complexity index is 725. The van der Waals surface area contributed by atoms with E-state index in [1.165, 1.54) is 4.90 Å². The summed E-state index contributed by atoms with van der Waals surface area (Å²) in [6.07, 6.45) is 1.76. The first-order valence-electron chi connectivity index (χ1n) is 8.19. The van der Waals surface area contributed by atoms with Gasteiger partial charge in [-0.05, 0) is 30.4 Å². The van der Waals surface area contributed by atoms with Crippen LogP contribution in [0.5, 0.6) is 0 Å². The maximum Gasteiger partial charge on any atom is 0.261 e. The number of carbonyl (C=O) groups is 3. The van der Waals surface area contributed by atoms with Gasteiger partial charge >= 0.3 is 0 Å². The Labute approximate surface area is 141 Å². The van der Waals surface area contributed by atoms with Gasteiger partial charge in [0.05, 0.1) is 16.9 Å². The molecule has 1 N–H and O–H groups in total. The van der Waals surface area contributed by atoms with Crippen LogP contribution in [0, 0.1) is 5.41 Å². The van der Waals surface area contributed by atoms with E-state index in [0.29, 0.717) is 42.4 Å². The molecule has 3 rings (SSSR count). The van der Waals surface area contributed by atoms with E-state index in [9.17, 15) is 19.5 Å². The summed E-state index contributed by atoms with van der Waals surface area (Å²) in [5.74, 6) is -0.459. The Kier molecular flexibility index (Phi) is 4.03. The van der Waals surface area contributed by atoms with Crippen LogP contribution in [-0.2, 0) is 4.79 Å². The largest absolute Gasteiger partial charge is 0.512 e. The first kappa shape index (κ1) is 16.4. The topological polar surface area (TPSA) is 74.7 Å². The summed E-state index contributed by atoms with van der Waals surface area (Å²) in [5, 5.41) is 10.1. The number of amides is 2. The Morgan fingerprint density at radius 1 is 1.04 bits per heavy atom. The van der Waals surface area contributed by atoms with Gasteiger partial charge in [-0.3, -0.25) is 19.3 Å². The highest BCUT2D eigenvalue weighted by Crippen LogP contribution is 2.37. The minimum absolute atomic E-state index is 0.0360. The fourth-order valence-corrected chi connectivity index (χ4v) is 3.46. The molecule has 5 nitrogen and oxygen atoms in total. The van der Waals surface area contributed by atoms with Crippen molar-refractivity contribution in [3.8, 4) is 0 Å². The average molecular weight is 327 g/mol. The van der Waals surface area contributed by atoms with E-state index in [1.54, 1.807) is 24.3 Å². The summed E-state index contributed by atoms with van der Waals surface area (Å²) in [4.78, 5) is 38.0. The molecule has 0 aromatic heterocycles. The van der Waals surface area contributed by atoms with Gasteiger partial charge in [-0.25, -0.2) is 0 Å². The number of hydrogen-bond acceptors (Lipinski definition) is 4. The smallest absolute Gasteiger partial charge is 0.261 e. The molecular weight excluding hydrogens is 306 g/mol. The number of hydrogen-bond donors (Lipinski definition) is 1. The lowest BCUT2D eigenvalue weighted by Crippen LogP contribution is -2.31. The Morgan fingerprint density at radius 2 is 1.62 bits per heavy atom. The first-order chi connectivity index (χ1) is 11.3. The number of ketones is 1. The molecule has 0 unspecified atom stereocenters. The van der Waals surface area contributed by atoms with E-state index in [-0.39, 0.29) is 35.3 Å². The fourth-order valence-electron chi connectivity index (χ4n) is 3.46.